The van der Waals surface area contributed by atoms with Crippen LogP contribution in [0.15, 0.2) is 18.2 Å². The number of aliphatic hydroxyl groups excluding tert-OH is 1. The molecule has 5 nitrogen and oxygen atoms in total. The Bertz CT molecular complexity index is 416. The van der Waals surface area contributed by atoms with E-state index in [0.717, 1.165) is 0 Å². The van der Waals surface area contributed by atoms with Crippen LogP contribution in [-0.4, -0.2) is 30.4 Å². The zero-order valence-electron chi connectivity index (χ0n) is 10.7. The molecule has 0 spiro atoms. The fourth-order valence-electron chi connectivity index (χ4n) is 1.82. The highest BCUT2D eigenvalue weighted by atomic mass is 16.5. The number of rotatable bonds is 6. The minimum atomic E-state index is -1.13. The Morgan fingerprint density at radius 1 is 1.33 bits per heavy atom. The number of carbonyl (C=O) groups is 1. The van der Waals surface area contributed by atoms with Crippen LogP contribution in [0.5, 0.6) is 11.5 Å². The third-order valence-corrected chi connectivity index (χ3v) is 2.89. The smallest absolute Gasteiger partial charge is 0.309 e. The Morgan fingerprint density at radius 3 is 2.44 bits per heavy atom. The van der Waals surface area contributed by atoms with Crippen molar-refractivity contribution in [2.45, 2.75) is 19.4 Å². The molecule has 1 rings (SSSR count). The van der Waals surface area contributed by atoms with Crippen molar-refractivity contribution in [1.82, 2.24) is 0 Å². The van der Waals surface area contributed by atoms with Crippen LogP contribution in [0.2, 0.25) is 0 Å². The predicted molar refractivity (Wildman–Crippen MR) is 65.9 cm³/mol. The lowest BCUT2D eigenvalue weighted by atomic mass is 9.93. The maximum Gasteiger partial charge on any atom is 0.309 e. The van der Waals surface area contributed by atoms with Crippen LogP contribution in [-0.2, 0) is 4.79 Å². The van der Waals surface area contributed by atoms with Crippen LogP contribution in [0.4, 0.5) is 0 Å². The molecule has 0 aliphatic heterocycles. The summed E-state index contributed by atoms with van der Waals surface area (Å²) in [6, 6.07) is 4.93. The van der Waals surface area contributed by atoms with E-state index in [0.29, 0.717) is 23.5 Å². The van der Waals surface area contributed by atoms with Gasteiger partial charge in [0.15, 0.2) is 0 Å². The van der Waals surface area contributed by atoms with Crippen LogP contribution >= 0.6 is 0 Å². The van der Waals surface area contributed by atoms with Gasteiger partial charge in [-0.15, -0.1) is 0 Å². The molecule has 0 amide bonds. The normalized spacial score (nSPS) is 13.8. The van der Waals surface area contributed by atoms with E-state index < -0.39 is 18.0 Å². The lowest BCUT2D eigenvalue weighted by molar-refractivity contribution is -0.146. The van der Waals surface area contributed by atoms with Gasteiger partial charge in [-0.25, -0.2) is 0 Å². The first-order chi connectivity index (χ1) is 8.54. The number of aliphatic hydroxyl groups is 1. The molecule has 0 saturated heterocycles. The first kappa shape index (κ1) is 14.3. The van der Waals surface area contributed by atoms with Gasteiger partial charge < -0.3 is 19.7 Å². The molecule has 2 unspecified atom stereocenters. The van der Waals surface area contributed by atoms with Crippen molar-refractivity contribution < 1.29 is 24.5 Å². The van der Waals surface area contributed by atoms with Crippen LogP contribution in [0.1, 0.15) is 25.0 Å². The number of hydrogen-bond acceptors (Lipinski definition) is 4. The SMILES string of the molecule is CCC(C(=O)O)C(O)c1cc(OC)ccc1OC. The summed E-state index contributed by atoms with van der Waals surface area (Å²) in [6.07, 6.45) is -0.797. The van der Waals surface area contributed by atoms with Crippen molar-refractivity contribution in [2.75, 3.05) is 14.2 Å². The maximum absolute atomic E-state index is 11.1. The zero-order valence-corrected chi connectivity index (χ0v) is 10.7. The average molecular weight is 254 g/mol. The maximum atomic E-state index is 11.1. The van der Waals surface area contributed by atoms with E-state index in [-0.39, 0.29) is 0 Å². The molecular formula is C13H18O5. The molecule has 2 N–H and O–H groups in total. The van der Waals surface area contributed by atoms with Gasteiger partial charge in [0.05, 0.1) is 26.2 Å². The van der Waals surface area contributed by atoms with Crippen molar-refractivity contribution in [3.05, 3.63) is 23.8 Å². The molecule has 0 aromatic heterocycles. The average Bonchev–Trinajstić information content (AvgIpc) is 2.38. The molecule has 1 aromatic carbocycles. The van der Waals surface area contributed by atoms with E-state index in [1.54, 1.807) is 25.1 Å². The summed E-state index contributed by atoms with van der Waals surface area (Å²) in [5, 5.41) is 19.2. The minimum Gasteiger partial charge on any atom is -0.497 e. The number of aliphatic carboxylic acids is 1. The molecule has 100 valence electrons. The van der Waals surface area contributed by atoms with E-state index >= 15 is 0 Å². The molecule has 0 radical (unpaired) electrons. The quantitative estimate of drug-likeness (QED) is 0.810. The molecule has 2 atom stereocenters. The van der Waals surface area contributed by atoms with E-state index in [4.69, 9.17) is 14.6 Å². The molecule has 0 fully saturated rings. The molecule has 0 aliphatic carbocycles. The van der Waals surface area contributed by atoms with Crippen LogP contribution < -0.4 is 9.47 Å². The van der Waals surface area contributed by atoms with E-state index in [1.807, 2.05) is 0 Å². The first-order valence-corrected chi connectivity index (χ1v) is 5.67. The number of ether oxygens (including phenoxy) is 2. The van der Waals surface area contributed by atoms with E-state index in [1.165, 1.54) is 14.2 Å². The highest BCUT2D eigenvalue weighted by Crippen LogP contribution is 2.34. The van der Waals surface area contributed by atoms with Gasteiger partial charge in [0.2, 0.25) is 0 Å². The van der Waals surface area contributed by atoms with Crippen molar-refractivity contribution in [2.24, 2.45) is 5.92 Å². The molecule has 5 heteroatoms. The summed E-state index contributed by atoms with van der Waals surface area (Å²) in [7, 11) is 2.98. The van der Waals surface area contributed by atoms with Gasteiger partial charge in [-0.05, 0) is 24.6 Å². The molecule has 0 bridgehead atoms. The lowest BCUT2D eigenvalue weighted by Crippen LogP contribution is -2.21. The second-order valence-electron chi connectivity index (χ2n) is 3.91. The highest BCUT2D eigenvalue weighted by molar-refractivity contribution is 5.71. The van der Waals surface area contributed by atoms with Crippen molar-refractivity contribution >= 4 is 5.97 Å². The second-order valence-corrected chi connectivity index (χ2v) is 3.91. The number of benzene rings is 1. The number of carboxylic acid groups (broad SMARTS) is 1. The highest BCUT2D eigenvalue weighted by Gasteiger charge is 2.28. The number of carboxylic acids is 1. The van der Waals surface area contributed by atoms with Crippen molar-refractivity contribution in [3.63, 3.8) is 0 Å². The molecule has 0 heterocycles. The third-order valence-electron chi connectivity index (χ3n) is 2.89. The van der Waals surface area contributed by atoms with Gasteiger partial charge in [-0.1, -0.05) is 6.92 Å². The Morgan fingerprint density at radius 2 is 2.00 bits per heavy atom. The Kier molecular flexibility index (Phi) is 4.97. The van der Waals surface area contributed by atoms with Crippen LogP contribution in [0, 0.1) is 5.92 Å². The summed E-state index contributed by atoms with van der Waals surface area (Å²) in [6.45, 7) is 1.72. The fraction of sp³-hybridized carbons (Fsp3) is 0.462. The fourth-order valence-corrected chi connectivity index (χ4v) is 1.82. The molecular weight excluding hydrogens is 236 g/mol. The van der Waals surface area contributed by atoms with Gasteiger partial charge in [-0.2, -0.15) is 0 Å². The van der Waals surface area contributed by atoms with E-state index in [2.05, 4.69) is 0 Å². The van der Waals surface area contributed by atoms with Gasteiger partial charge in [0.25, 0.3) is 0 Å². The largest absolute Gasteiger partial charge is 0.497 e. The topological polar surface area (TPSA) is 76.0 Å². The van der Waals surface area contributed by atoms with Gasteiger partial charge in [0, 0.05) is 5.56 Å². The van der Waals surface area contributed by atoms with Crippen molar-refractivity contribution in [3.8, 4) is 11.5 Å². The Labute approximate surface area is 106 Å². The van der Waals surface area contributed by atoms with E-state index in [9.17, 15) is 9.90 Å². The van der Waals surface area contributed by atoms with Gasteiger partial charge in [-0.3, -0.25) is 4.79 Å². The summed E-state index contributed by atoms with van der Waals surface area (Å²) in [4.78, 5) is 11.1. The summed E-state index contributed by atoms with van der Waals surface area (Å²) >= 11 is 0. The molecule has 1 aromatic rings. The molecule has 0 aliphatic rings. The molecule has 18 heavy (non-hydrogen) atoms. The summed E-state index contributed by atoms with van der Waals surface area (Å²) in [5.74, 6) is -0.908. The zero-order chi connectivity index (χ0) is 13.7. The number of methoxy groups -OCH3 is 2. The van der Waals surface area contributed by atoms with Gasteiger partial charge >= 0.3 is 5.97 Å². The predicted octanol–water partition coefficient (Wildman–Crippen LogP) is 1.85. The first-order valence-electron chi connectivity index (χ1n) is 5.67. The Hall–Kier alpha value is -1.75. The minimum absolute atomic E-state index is 0.330. The summed E-state index contributed by atoms with van der Waals surface area (Å²) < 4.78 is 10.2. The number of hydrogen-bond donors (Lipinski definition) is 2. The van der Waals surface area contributed by atoms with Crippen molar-refractivity contribution in [1.29, 1.82) is 0 Å². The Balaban J connectivity index is 3.16. The third kappa shape index (κ3) is 2.92. The van der Waals surface area contributed by atoms with Crippen LogP contribution in [0.3, 0.4) is 0 Å². The lowest BCUT2D eigenvalue weighted by Gasteiger charge is -2.20. The second kappa shape index (κ2) is 6.26. The molecule has 0 saturated carbocycles. The van der Waals surface area contributed by atoms with Crippen LogP contribution in [0.25, 0.3) is 0 Å². The van der Waals surface area contributed by atoms with Gasteiger partial charge in [0.1, 0.15) is 11.5 Å². The standard InChI is InChI=1S/C13H18O5/c1-4-9(13(15)16)12(14)10-7-8(17-2)5-6-11(10)18-3/h5-7,9,12,14H,4H2,1-3H3,(H,15,16). The monoisotopic (exact) mass is 254 g/mol. The summed E-state index contributed by atoms with van der Waals surface area (Å²) in [5.41, 5.74) is 0.422.